The maximum Gasteiger partial charge on any atom is 0.336 e. The Bertz CT molecular complexity index is 486. The number of carboxylic acid groups (broad SMARTS) is 4. The summed E-state index contributed by atoms with van der Waals surface area (Å²) >= 11 is 0. The van der Waals surface area contributed by atoms with Crippen molar-refractivity contribution in [1.29, 1.82) is 0 Å². The first-order valence-electron chi connectivity index (χ1n) is 6.64. The standard InChI is InChI=1S/C6H8O7.C6H12O7/c7-3(8)1-6(13,5(11)12)2-4(9)10;7-1-2(8)3(9)4(10)5(11)6(12)13/h13H,1-2H2,(H,7,8)(H,9,10)(H,11,12);2-5,7-11H,1H2,(H,12,13)/t;2-,3-,4+,5-/m.1/s1. The molecule has 26 heavy (non-hydrogen) atoms. The third-order valence-corrected chi connectivity index (χ3v) is 2.79. The number of aliphatic hydroxyl groups is 6. The molecule has 0 aromatic rings. The highest BCUT2D eigenvalue weighted by atomic mass is 16.4. The number of aliphatic hydroxyl groups excluding tert-OH is 5. The lowest BCUT2D eigenvalue weighted by Crippen LogP contribution is -2.48. The van der Waals surface area contributed by atoms with E-state index >= 15 is 0 Å². The van der Waals surface area contributed by atoms with Crippen LogP contribution in [0.25, 0.3) is 0 Å². The minimum absolute atomic E-state index is 0.843. The number of hydrogen-bond acceptors (Lipinski definition) is 10. The van der Waals surface area contributed by atoms with Crippen LogP contribution in [0.5, 0.6) is 0 Å². The molecule has 0 aromatic heterocycles. The molecule has 0 saturated heterocycles. The Balaban J connectivity index is 0. The zero-order valence-corrected chi connectivity index (χ0v) is 13.0. The van der Waals surface area contributed by atoms with Crippen molar-refractivity contribution >= 4 is 23.9 Å². The fraction of sp³-hybridized carbons (Fsp3) is 0.667. The Morgan fingerprint density at radius 3 is 1.38 bits per heavy atom. The molecule has 14 nitrogen and oxygen atoms in total. The topological polar surface area (TPSA) is 271 Å². The molecule has 14 heteroatoms. The molecule has 4 atom stereocenters. The molecule has 0 unspecified atom stereocenters. The summed E-state index contributed by atoms with van der Waals surface area (Å²) in [6.45, 7) is -0.843. The van der Waals surface area contributed by atoms with Gasteiger partial charge in [-0.05, 0) is 0 Å². The normalized spacial score (nSPS) is 15.6. The molecule has 0 aliphatic rings. The van der Waals surface area contributed by atoms with E-state index < -0.39 is 73.3 Å². The average molecular weight is 388 g/mol. The van der Waals surface area contributed by atoms with Gasteiger partial charge in [0, 0.05) is 0 Å². The monoisotopic (exact) mass is 388 g/mol. The third-order valence-electron chi connectivity index (χ3n) is 2.79. The Hall–Kier alpha value is -2.36. The lowest BCUT2D eigenvalue weighted by molar-refractivity contribution is -0.170. The van der Waals surface area contributed by atoms with E-state index in [4.69, 9.17) is 51.1 Å². The van der Waals surface area contributed by atoms with E-state index in [1.54, 1.807) is 0 Å². The van der Waals surface area contributed by atoms with E-state index in [0.717, 1.165) is 0 Å². The van der Waals surface area contributed by atoms with E-state index in [1.807, 2.05) is 0 Å². The van der Waals surface area contributed by atoms with Crippen LogP contribution in [-0.2, 0) is 19.2 Å². The highest BCUT2D eigenvalue weighted by Crippen LogP contribution is 2.15. The maximum atomic E-state index is 10.3. The Morgan fingerprint density at radius 1 is 0.769 bits per heavy atom. The molecule has 0 spiro atoms. The molecule has 0 fully saturated rings. The lowest BCUT2D eigenvalue weighted by Gasteiger charge is -2.23. The second kappa shape index (κ2) is 11.3. The number of carbonyl (C=O) groups is 4. The van der Waals surface area contributed by atoms with Gasteiger partial charge in [0.2, 0.25) is 0 Å². The summed E-state index contributed by atoms with van der Waals surface area (Å²) in [5, 5.41) is 85.6. The largest absolute Gasteiger partial charge is 0.481 e. The summed E-state index contributed by atoms with van der Waals surface area (Å²) in [5.41, 5.74) is -2.74. The highest BCUT2D eigenvalue weighted by molar-refractivity contribution is 5.88. The average Bonchev–Trinajstić information content (AvgIpc) is 2.50. The zero-order chi connectivity index (χ0) is 21.2. The molecular formula is C12H20O14. The van der Waals surface area contributed by atoms with Crippen molar-refractivity contribution in [3.8, 4) is 0 Å². The zero-order valence-electron chi connectivity index (χ0n) is 13.0. The number of aliphatic carboxylic acids is 4. The summed E-state index contributed by atoms with van der Waals surface area (Å²) < 4.78 is 0. The lowest BCUT2D eigenvalue weighted by atomic mass is 9.96. The fourth-order valence-electron chi connectivity index (χ4n) is 1.38. The molecule has 0 rings (SSSR count). The van der Waals surface area contributed by atoms with Gasteiger partial charge in [-0.25, -0.2) is 9.59 Å². The van der Waals surface area contributed by atoms with Crippen LogP contribution in [-0.4, -0.2) is 112 Å². The molecule has 0 radical (unpaired) electrons. The van der Waals surface area contributed by atoms with E-state index in [2.05, 4.69) is 0 Å². The van der Waals surface area contributed by atoms with Crippen molar-refractivity contribution < 1.29 is 70.2 Å². The number of carboxylic acids is 4. The van der Waals surface area contributed by atoms with Gasteiger partial charge >= 0.3 is 23.9 Å². The van der Waals surface area contributed by atoms with Crippen LogP contribution in [0.2, 0.25) is 0 Å². The van der Waals surface area contributed by atoms with Crippen LogP contribution in [0.3, 0.4) is 0 Å². The van der Waals surface area contributed by atoms with E-state index in [0.29, 0.717) is 0 Å². The van der Waals surface area contributed by atoms with Crippen LogP contribution >= 0.6 is 0 Å². The highest BCUT2D eigenvalue weighted by Gasteiger charge is 2.40. The van der Waals surface area contributed by atoms with Gasteiger partial charge in [-0.3, -0.25) is 9.59 Å². The number of hydrogen-bond donors (Lipinski definition) is 10. The minimum atomic E-state index is -2.74. The van der Waals surface area contributed by atoms with Crippen molar-refractivity contribution in [3.63, 3.8) is 0 Å². The smallest absolute Gasteiger partial charge is 0.336 e. The van der Waals surface area contributed by atoms with Crippen molar-refractivity contribution in [2.24, 2.45) is 0 Å². The first-order chi connectivity index (χ1) is 11.7. The molecule has 0 aliphatic heterocycles. The fourth-order valence-corrected chi connectivity index (χ4v) is 1.38. The minimum Gasteiger partial charge on any atom is -0.481 e. The maximum absolute atomic E-state index is 10.3. The third kappa shape index (κ3) is 9.21. The SMILES string of the molecule is O=C(O)CC(O)(CC(=O)O)C(=O)O.O=C(O)[C@H](O)[C@@H](O)[C@H](O)[C@H](O)CO. The van der Waals surface area contributed by atoms with Crippen LogP contribution in [0, 0.1) is 0 Å². The van der Waals surface area contributed by atoms with Crippen molar-refractivity contribution in [1.82, 2.24) is 0 Å². The van der Waals surface area contributed by atoms with Gasteiger partial charge < -0.3 is 51.1 Å². The molecule has 0 bridgehead atoms. The van der Waals surface area contributed by atoms with Crippen molar-refractivity contribution in [3.05, 3.63) is 0 Å². The first kappa shape index (κ1) is 25.9. The van der Waals surface area contributed by atoms with Crippen molar-refractivity contribution in [2.45, 2.75) is 42.9 Å². The van der Waals surface area contributed by atoms with Crippen molar-refractivity contribution in [2.75, 3.05) is 6.61 Å². The van der Waals surface area contributed by atoms with Crippen LogP contribution in [0.1, 0.15) is 12.8 Å². The van der Waals surface area contributed by atoms with Gasteiger partial charge in [0.25, 0.3) is 0 Å². The molecule has 0 heterocycles. The number of rotatable bonds is 10. The second-order valence-corrected chi connectivity index (χ2v) is 4.99. The predicted molar refractivity (Wildman–Crippen MR) is 75.8 cm³/mol. The Kier molecular flexibility index (Phi) is 11.2. The molecule has 0 aliphatic carbocycles. The summed E-state index contributed by atoms with van der Waals surface area (Å²) in [4.78, 5) is 40.6. The first-order valence-corrected chi connectivity index (χ1v) is 6.64. The van der Waals surface area contributed by atoms with Crippen LogP contribution < -0.4 is 0 Å². The summed E-state index contributed by atoms with van der Waals surface area (Å²) in [6, 6.07) is 0. The van der Waals surface area contributed by atoms with Gasteiger partial charge in [-0.2, -0.15) is 0 Å². The van der Waals surface area contributed by atoms with Gasteiger partial charge in [-0.15, -0.1) is 0 Å². The molecule has 0 aromatic carbocycles. The predicted octanol–water partition coefficient (Wildman–Crippen LogP) is -4.74. The molecular weight excluding hydrogens is 368 g/mol. The van der Waals surface area contributed by atoms with E-state index in [1.165, 1.54) is 0 Å². The van der Waals surface area contributed by atoms with E-state index in [9.17, 15) is 19.2 Å². The van der Waals surface area contributed by atoms with Gasteiger partial charge in [0.05, 0.1) is 19.4 Å². The summed E-state index contributed by atoms with van der Waals surface area (Å²) in [6.07, 6.45) is -10.1. The molecule has 0 amide bonds. The van der Waals surface area contributed by atoms with Gasteiger partial charge in [0.15, 0.2) is 11.7 Å². The van der Waals surface area contributed by atoms with Gasteiger partial charge in [0.1, 0.15) is 18.3 Å². The van der Waals surface area contributed by atoms with E-state index in [-0.39, 0.29) is 0 Å². The van der Waals surface area contributed by atoms with Crippen LogP contribution in [0.4, 0.5) is 0 Å². The molecule has 0 saturated carbocycles. The quantitative estimate of drug-likeness (QED) is 0.168. The van der Waals surface area contributed by atoms with Crippen LogP contribution in [0.15, 0.2) is 0 Å². The summed E-state index contributed by atoms with van der Waals surface area (Å²) in [5.74, 6) is -6.74. The Labute approximate surface area is 144 Å². The summed E-state index contributed by atoms with van der Waals surface area (Å²) in [7, 11) is 0. The Morgan fingerprint density at radius 2 is 1.15 bits per heavy atom. The van der Waals surface area contributed by atoms with Gasteiger partial charge in [-0.1, -0.05) is 0 Å². The molecule has 152 valence electrons. The second-order valence-electron chi connectivity index (χ2n) is 4.99. The molecule has 10 N–H and O–H groups in total.